The second-order valence-corrected chi connectivity index (χ2v) is 8.82. The number of aliphatic hydroxyl groups is 1. The van der Waals surface area contributed by atoms with E-state index in [-0.39, 0.29) is 37.0 Å². The fraction of sp³-hybridized carbons (Fsp3) is 0.259. The van der Waals surface area contributed by atoms with Gasteiger partial charge >= 0.3 is 0 Å². The van der Waals surface area contributed by atoms with Crippen molar-refractivity contribution in [2.45, 2.75) is 25.0 Å². The van der Waals surface area contributed by atoms with Gasteiger partial charge in [0.05, 0.1) is 23.3 Å². The van der Waals surface area contributed by atoms with Gasteiger partial charge in [-0.25, -0.2) is 0 Å². The molecule has 0 aliphatic carbocycles. The highest BCUT2D eigenvalue weighted by Crippen LogP contribution is 2.24. The standard InChI is InChI=1S/C27H27N5O6/c1-38-30-22-13-24(14-26(34)29-16-25(33)19-8-10-23(11-9-19)32(36)37)31(17-22)27(35)20-6-4-18(5-7-20)21-3-2-12-28-15-21/h2-12,15,24-25,33H,13-14,16-17H2,1H3,(H,29,34)/t24-,25?/m0/s1. The molecule has 11 nitrogen and oxygen atoms in total. The number of nitrogens with one attached hydrogen (secondary N) is 1. The van der Waals surface area contributed by atoms with E-state index >= 15 is 0 Å². The van der Waals surface area contributed by atoms with Crippen LogP contribution in [0.1, 0.15) is 34.9 Å². The van der Waals surface area contributed by atoms with Crippen molar-refractivity contribution in [3.8, 4) is 11.1 Å². The number of carbonyl (C=O) groups is 2. The van der Waals surface area contributed by atoms with Crippen molar-refractivity contribution >= 4 is 23.2 Å². The largest absolute Gasteiger partial charge is 0.399 e. The quantitative estimate of drug-likeness (QED) is 0.327. The summed E-state index contributed by atoms with van der Waals surface area (Å²) in [5.74, 6) is -0.577. The molecule has 2 amide bonds. The summed E-state index contributed by atoms with van der Waals surface area (Å²) < 4.78 is 0. The lowest BCUT2D eigenvalue weighted by molar-refractivity contribution is -0.384. The maximum Gasteiger partial charge on any atom is 0.269 e. The van der Waals surface area contributed by atoms with Crippen LogP contribution in [-0.4, -0.2) is 63.7 Å². The van der Waals surface area contributed by atoms with Gasteiger partial charge in [-0.2, -0.15) is 0 Å². The predicted molar refractivity (Wildman–Crippen MR) is 139 cm³/mol. The number of likely N-dealkylation sites (tertiary alicyclic amines) is 1. The summed E-state index contributed by atoms with van der Waals surface area (Å²) in [4.78, 5) is 47.0. The number of nitro benzene ring substituents is 1. The second-order valence-electron chi connectivity index (χ2n) is 8.82. The lowest BCUT2D eigenvalue weighted by Crippen LogP contribution is -2.40. The van der Waals surface area contributed by atoms with E-state index in [1.54, 1.807) is 29.4 Å². The van der Waals surface area contributed by atoms with E-state index in [1.165, 1.54) is 31.4 Å². The molecule has 1 aliphatic rings. The predicted octanol–water partition coefficient (Wildman–Crippen LogP) is 3.11. The maximum absolute atomic E-state index is 13.4. The van der Waals surface area contributed by atoms with Gasteiger partial charge < -0.3 is 20.2 Å². The van der Waals surface area contributed by atoms with Crippen LogP contribution in [0.2, 0.25) is 0 Å². The van der Waals surface area contributed by atoms with E-state index in [1.807, 2.05) is 24.3 Å². The van der Waals surface area contributed by atoms with Crippen LogP contribution in [0.3, 0.4) is 0 Å². The first-order valence-corrected chi connectivity index (χ1v) is 11.9. The smallest absolute Gasteiger partial charge is 0.269 e. The third-order valence-corrected chi connectivity index (χ3v) is 6.28. The molecule has 1 saturated heterocycles. The summed E-state index contributed by atoms with van der Waals surface area (Å²) in [6.07, 6.45) is 2.80. The lowest BCUT2D eigenvalue weighted by Gasteiger charge is -2.24. The number of aromatic nitrogens is 1. The zero-order valence-corrected chi connectivity index (χ0v) is 20.7. The number of rotatable bonds is 9. The first-order chi connectivity index (χ1) is 18.4. The Kier molecular flexibility index (Phi) is 8.39. The molecule has 0 radical (unpaired) electrons. The Bertz CT molecular complexity index is 1310. The fourth-order valence-electron chi connectivity index (χ4n) is 4.33. The summed E-state index contributed by atoms with van der Waals surface area (Å²) in [5, 5.41) is 27.9. The van der Waals surface area contributed by atoms with Crippen LogP contribution in [-0.2, 0) is 9.63 Å². The molecule has 0 spiro atoms. The minimum atomic E-state index is -1.04. The van der Waals surface area contributed by atoms with Crippen LogP contribution in [0, 0.1) is 10.1 Å². The highest BCUT2D eigenvalue weighted by Gasteiger charge is 2.35. The molecule has 3 aromatic rings. The van der Waals surface area contributed by atoms with E-state index in [4.69, 9.17) is 4.84 Å². The number of non-ortho nitro benzene ring substituents is 1. The Morgan fingerprint density at radius 3 is 2.55 bits per heavy atom. The average Bonchev–Trinajstić information content (AvgIpc) is 3.34. The van der Waals surface area contributed by atoms with Crippen molar-refractivity contribution in [1.82, 2.24) is 15.2 Å². The minimum absolute atomic E-state index is 0.00915. The first-order valence-electron chi connectivity index (χ1n) is 11.9. The third kappa shape index (κ3) is 6.37. The number of oxime groups is 1. The first kappa shape index (κ1) is 26.4. The molecule has 0 bridgehead atoms. The van der Waals surface area contributed by atoms with Gasteiger partial charge in [-0.15, -0.1) is 0 Å². The van der Waals surface area contributed by atoms with E-state index in [9.17, 15) is 24.8 Å². The van der Waals surface area contributed by atoms with Gasteiger partial charge in [0.1, 0.15) is 7.11 Å². The average molecular weight is 518 g/mol. The Balaban J connectivity index is 1.39. The van der Waals surface area contributed by atoms with Crippen molar-refractivity contribution < 1.29 is 24.5 Å². The Morgan fingerprint density at radius 2 is 1.92 bits per heavy atom. The van der Waals surface area contributed by atoms with Crippen molar-refractivity contribution in [3.05, 3.63) is 94.3 Å². The lowest BCUT2D eigenvalue weighted by atomic mass is 10.0. The maximum atomic E-state index is 13.4. The molecule has 4 rings (SSSR count). The number of pyridine rings is 1. The number of amides is 2. The Morgan fingerprint density at radius 1 is 1.18 bits per heavy atom. The van der Waals surface area contributed by atoms with E-state index < -0.39 is 17.1 Å². The molecule has 1 aromatic heterocycles. The molecule has 1 unspecified atom stereocenters. The van der Waals surface area contributed by atoms with E-state index in [0.717, 1.165) is 11.1 Å². The van der Waals surface area contributed by atoms with Crippen LogP contribution in [0.5, 0.6) is 0 Å². The number of aliphatic hydroxyl groups excluding tert-OH is 1. The topological polar surface area (TPSA) is 147 Å². The monoisotopic (exact) mass is 517 g/mol. The number of hydrogen-bond acceptors (Lipinski definition) is 8. The van der Waals surface area contributed by atoms with Gasteiger partial charge in [-0.05, 0) is 47.0 Å². The van der Waals surface area contributed by atoms with Crippen molar-refractivity contribution in [1.29, 1.82) is 0 Å². The van der Waals surface area contributed by atoms with Crippen LogP contribution in [0.4, 0.5) is 5.69 Å². The summed E-state index contributed by atoms with van der Waals surface area (Å²) in [6.45, 7) is 0.159. The van der Waals surface area contributed by atoms with Crippen molar-refractivity contribution in [2.24, 2.45) is 5.16 Å². The number of benzene rings is 2. The molecule has 0 saturated carbocycles. The molecule has 11 heteroatoms. The van der Waals surface area contributed by atoms with Gasteiger partial charge in [0.15, 0.2) is 0 Å². The van der Waals surface area contributed by atoms with E-state index in [2.05, 4.69) is 15.5 Å². The molecule has 38 heavy (non-hydrogen) atoms. The zero-order chi connectivity index (χ0) is 27.1. The Hall–Kier alpha value is -4.64. The van der Waals surface area contributed by atoms with Crippen LogP contribution >= 0.6 is 0 Å². The van der Waals surface area contributed by atoms with Gasteiger partial charge in [0.25, 0.3) is 11.6 Å². The molecule has 2 atom stereocenters. The normalized spacial score (nSPS) is 16.7. The minimum Gasteiger partial charge on any atom is -0.399 e. The summed E-state index contributed by atoms with van der Waals surface area (Å²) in [6, 6.07) is 16.0. The number of nitro groups is 1. The highest BCUT2D eigenvalue weighted by atomic mass is 16.6. The SMILES string of the molecule is CON=C1C[C@@H](CC(=O)NCC(O)c2ccc([N+](=O)[O-])cc2)N(C(=O)c2ccc(-c3cccnc3)cc2)C1. The molecule has 1 fully saturated rings. The molecule has 2 aromatic carbocycles. The summed E-state index contributed by atoms with van der Waals surface area (Å²) in [7, 11) is 1.43. The summed E-state index contributed by atoms with van der Waals surface area (Å²) >= 11 is 0. The van der Waals surface area contributed by atoms with Crippen LogP contribution < -0.4 is 5.32 Å². The summed E-state index contributed by atoms with van der Waals surface area (Å²) in [5.41, 5.74) is 3.36. The van der Waals surface area contributed by atoms with Crippen molar-refractivity contribution in [2.75, 3.05) is 20.2 Å². The van der Waals surface area contributed by atoms with Gasteiger partial charge in [0.2, 0.25) is 5.91 Å². The molecule has 1 aliphatic heterocycles. The molecular formula is C27H27N5O6. The molecular weight excluding hydrogens is 490 g/mol. The number of nitrogens with zero attached hydrogens (tertiary/aromatic N) is 4. The zero-order valence-electron chi connectivity index (χ0n) is 20.7. The molecule has 196 valence electrons. The number of carbonyl (C=O) groups excluding carboxylic acids is 2. The van der Waals surface area contributed by atoms with Gasteiger partial charge in [-0.1, -0.05) is 23.4 Å². The Labute approximate surface area is 218 Å². The van der Waals surface area contributed by atoms with Gasteiger partial charge in [0, 0.05) is 55.5 Å². The van der Waals surface area contributed by atoms with Crippen LogP contribution in [0.15, 0.2) is 78.2 Å². The third-order valence-electron chi connectivity index (χ3n) is 6.28. The molecule has 2 N–H and O–H groups in total. The van der Waals surface area contributed by atoms with Crippen LogP contribution in [0.25, 0.3) is 11.1 Å². The van der Waals surface area contributed by atoms with Gasteiger partial charge in [-0.3, -0.25) is 24.7 Å². The fourth-order valence-corrected chi connectivity index (χ4v) is 4.33. The van der Waals surface area contributed by atoms with Crippen molar-refractivity contribution in [3.63, 3.8) is 0 Å². The molecule has 2 heterocycles. The second kappa shape index (κ2) is 12.1. The highest BCUT2D eigenvalue weighted by molar-refractivity contribution is 6.01. The van der Waals surface area contributed by atoms with E-state index in [0.29, 0.717) is 23.3 Å². The number of hydrogen-bond donors (Lipinski definition) is 2.